The van der Waals surface area contributed by atoms with Gasteiger partial charge in [-0.3, -0.25) is 4.90 Å². The monoisotopic (exact) mass is 260 g/mol. The second-order valence-corrected chi connectivity index (χ2v) is 6.72. The molecule has 3 unspecified atom stereocenters. The number of morpholine rings is 1. The fourth-order valence-corrected chi connectivity index (χ4v) is 4.34. The number of hydrogen-bond donors (Lipinski definition) is 0. The number of likely N-dealkylation sites (tertiary alicyclic amines) is 1. The molecule has 1 saturated carbocycles. The third-order valence-electron chi connectivity index (χ3n) is 5.48. The summed E-state index contributed by atoms with van der Waals surface area (Å²) < 4.78 is 5.44. The number of ether oxygens (including phenoxy) is 1. The Morgan fingerprint density at radius 1 is 1.32 bits per heavy atom. The highest BCUT2D eigenvalue weighted by Crippen LogP contribution is 2.62. The quantitative estimate of drug-likeness (QED) is 0.749. The summed E-state index contributed by atoms with van der Waals surface area (Å²) in [4.78, 5) is 5.06. The normalized spacial score (nSPS) is 43.1. The minimum Gasteiger partial charge on any atom is -0.379 e. The van der Waals surface area contributed by atoms with Gasteiger partial charge in [0.05, 0.1) is 13.2 Å². The van der Waals surface area contributed by atoms with Gasteiger partial charge in [-0.25, -0.2) is 0 Å². The lowest BCUT2D eigenvalue weighted by molar-refractivity contribution is 0.0258. The lowest BCUT2D eigenvalue weighted by Crippen LogP contribution is -2.43. The van der Waals surface area contributed by atoms with Crippen LogP contribution in [0.15, 0.2) is 23.8 Å². The van der Waals surface area contributed by atoms with Crippen LogP contribution in [-0.2, 0) is 4.74 Å². The minimum absolute atomic E-state index is 0.543. The number of fused-ring (bicyclic) bond motifs is 1. The van der Waals surface area contributed by atoms with Crippen LogP contribution in [0, 0.1) is 11.3 Å². The van der Waals surface area contributed by atoms with Crippen LogP contribution in [-0.4, -0.2) is 62.3 Å². The zero-order chi connectivity index (χ0) is 12.9. The molecule has 3 nitrogen and oxygen atoms in total. The van der Waals surface area contributed by atoms with Crippen LogP contribution in [0.2, 0.25) is 0 Å². The fourth-order valence-electron chi connectivity index (χ4n) is 4.34. The van der Waals surface area contributed by atoms with Crippen molar-refractivity contribution < 1.29 is 4.74 Å². The van der Waals surface area contributed by atoms with Crippen molar-refractivity contribution in [2.75, 3.05) is 46.4 Å². The van der Waals surface area contributed by atoms with Gasteiger partial charge in [-0.15, -0.1) is 0 Å². The first-order valence-corrected chi connectivity index (χ1v) is 7.67. The van der Waals surface area contributed by atoms with Crippen LogP contribution in [0.4, 0.5) is 0 Å². The molecule has 0 aromatic rings. The summed E-state index contributed by atoms with van der Waals surface area (Å²) in [5, 5.41) is 0. The van der Waals surface area contributed by atoms with Crippen LogP contribution >= 0.6 is 0 Å². The van der Waals surface area contributed by atoms with Crippen LogP contribution in [0.3, 0.4) is 0 Å². The molecule has 0 N–H and O–H groups in total. The van der Waals surface area contributed by atoms with Crippen LogP contribution in [0.1, 0.15) is 12.8 Å². The summed E-state index contributed by atoms with van der Waals surface area (Å²) in [7, 11) is 2.26. The maximum Gasteiger partial charge on any atom is 0.0594 e. The molecule has 2 heterocycles. The van der Waals surface area contributed by atoms with Gasteiger partial charge < -0.3 is 9.64 Å². The van der Waals surface area contributed by atoms with Crippen molar-refractivity contribution in [3.8, 4) is 0 Å². The molecule has 3 atom stereocenters. The maximum absolute atomic E-state index is 5.44. The Bertz CT molecular complexity index is 424. The predicted molar refractivity (Wildman–Crippen MR) is 76.1 cm³/mol. The van der Waals surface area contributed by atoms with Gasteiger partial charge in [-0.05, 0) is 31.4 Å². The molecular formula is C16H24N2O. The maximum atomic E-state index is 5.44. The molecule has 0 spiro atoms. The van der Waals surface area contributed by atoms with Crippen molar-refractivity contribution in [3.63, 3.8) is 0 Å². The second-order valence-electron chi connectivity index (χ2n) is 6.72. The molecule has 2 aliphatic heterocycles. The van der Waals surface area contributed by atoms with Gasteiger partial charge in [-0.1, -0.05) is 18.2 Å². The van der Waals surface area contributed by atoms with Crippen molar-refractivity contribution in [3.05, 3.63) is 23.8 Å². The van der Waals surface area contributed by atoms with E-state index in [1.165, 1.54) is 25.9 Å². The van der Waals surface area contributed by atoms with Gasteiger partial charge in [0, 0.05) is 37.6 Å². The van der Waals surface area contributed by atoms with Crippen LogP contribution in [0.25, 0.3) is 0 Å². The average molecular weight is 260 g/mol. The highest BCUT2D eigenvalue weighted by Gasteiger charge is 2.60. The molecule has 0 bridgehead atoms. The number of allylic oxidation sites excluding steroid dienone is 1. The average Bonchev–Trinajstić information content (AvgIpc) is 3.03. The Hall–Kier alpha value is -0.640. The molecule has 2 saturated heterocycles. The van der Waals surface area contributed by atoms with E-state index >= 15 is 0 Å². The number of rotatable bonds is 2. The molecule has 19 heavy (non-hydrogen) atoms. The Kier molecular flexibility index (Phi) is 2.83. The largest absolute Gasteiger partial charge is 0.379 e. The Labute approximate surface area is 115 Å². The van der Waals surface area contributed by atoms with E-state index in [9.17, 15) is 0 Å². The molecule has 0 aromatic carbocycles. The van der Waals surface area contributed by atoms with Gasteiger partial charge in [-0.2, -0.15) is 0 Å². The van der Waals surface area contributed by atoms with Gasteiger partial charge in [0.2, 0.25) is 0 Å². The van der Waals surface area contributed by atoms with Crippen LogP contribution in [0.5, 0.6) is 0 Å². The van der Waals surface area contributed by atoms with E-state index in [1.54, 1.807) is 5.57 Å². The summed E-state index contributed by atoms with van der Waals surface area (Å²) in [6, 6.07) is 0.611. The highest BCUT2D eigenvalue weighted by molar-refractivity contribution is 5.39. The standard InChI is InChI=1S/C16H24N2O/c1-17-11-14-10-16(14,12-17)13-2-4-15(5-3-13)18-6-8-19-9-7-18/h2-4,14-15H,5-12H2,1H3. The molecule has 104 valence electrons. The SMILES string of the molecule is CN1CC2CC2(C2=CCC(N3CCOCC3)C=C2)C1. The lowest BCUT2D eigenvalue weighted by atomic mass is 9.88. The van der Waals surface area contributed by atoms with Crippen molar-refractivity contribution in [2.24, 2.45) is 11.3 Å². The second kappa shape index (κ2) is 4.44. The lowest BCUT2D eigenvalue weighted by Gasteiger charge is -2.34. The molecule has 2 aliphatic carbocycles. The summed E-state index contributed by atoms with van der Waals surface area (Å²) in [5.41, 5.74) is 2.17. The van der Waals surface area contributed by atoms with E-state index in [4.69, 9.17) is 4.74 Å². The van der Waals surface area contributed by atoms with E-state index < -0.39 is 0 Å². The highest BCUT2D eigenvalue weighted by atomic mass is 16.5. The first kappa shape index (κ1) is 12.1. The first-order valence-electron chi connectivity index (χ1n) is 7.67. The van der Waals surface area contributed by atoms with Gasteiger partial charge in [0.25, 0.3) is 0 Å². The molecule has 0 radical (unpaired) electrons. The summed E-state index contributed by atoms with van der Waals surface area (Å²) in [6.07, 6.45) is 10.0. The van der Waals surface area contributed by atoms with E-state index in [-0.39, 0.29) is 0 Å². The third kappa shape index (κ3) is 1.99. The molecule has 0 amide bonds. The minimum atomic E-state index is 0.543. The van der Waals surface area contributed by atoms with E-state index in [2.05, 4.69) is 35.1 Å². The van der Waals surface area contributed by atoms with Gasteiger partial charge in [0.1, 0.15) is 0 Å². The molecule has 4 aliphatic rings. The van der Waals surface area contributed by atoms with E-state index in [0.717, 1.165) is 32.2 Å². The van der Waals surface area contributed by atoms with Crippen molar-refractivity contribution in [1.29, 1.82) is 0 Å². The molecule has 3 heteroatoms. The summed E-state index contributed by atoms with van der Waals surface area (Å²) in [6.45, 7) is 6.56. The zero-order valence-electron chi connectivity index (χ0n) is 11.8. The molecule has 0 aromatic heterocycles. The predicted octanol–water partition coefficient (Wildman–Crippen LogP) is 1.53. The Balaban J connectivity index is 1.43. The number of piperidine rings is 1. The first-order chi connectivity index (χ1) is 9.28. The van der Waals surface area contributed by atoms with Gasteiger partial charge >= 0.3 is 0 Å². The van der Waals surface area contributed by atoms with Crippen molar-refractivity contribution in [2.45, 2.75) is 18.9 Å². The van der Waals surface area contributed by atoms with Gasteiger partial charge in [0.15, 0.2) is 0 Å². The third-order valence-corrected chi connectivity index (χ3v) is 5.48. The summed E-state index contributed by atoms with van der Waals surface area (Å²) >= 11 is 0. The fraction of sp³-hybridized carbons (Fsp3) is 0.750. The zero-order valence-corrected chi connectivity index (χ0v) is 11.8. The molecular weight excluding hydrogens is 236 g/mol. The summed E-state index contributed by atoms with van der Waals surface area (Å²) in [5.74, 6) is 0.938. The topological polar surface area (TPSA) is 15.7 Å². The molecule has 4 rings (SSSR count). The molecule has 3 fully saturated rings. The van der Waals surface area contributed by atoms with Crippen LogP contribution < -0.4 is 0 Å². The number of nitrogens with zero attached hydrogens (tertiary/aromatic N) is 2. The van der Waals surface area contributed by atoms with E-state index in [1.807, 2.05) is 0 Å². The Morgan fingerprint density at radius 2 is 2.16 bits per heavy atom. The van der Waals surface area contributed by atoms with Crippen molar-refractivity contribution >= 4 is 0 Å². The number of hydrogen-bond acceptors (Lipinski definition) is 3. The smallest absolute Gasteiger partial charge is 0.0594 e. The van der Waals surface area contributed by atoms with Crippen molar-refractivity contribution in [1.82, 2.24) is 9.80 Å². The Morgan fingerprint density at radius 3 is 2.79 bits per heavy atom. The van der Waals surface area contributed by atoms with E-state index in [0.29, 0.717) is 11.5 Å².